The SMILES string of the molecule is Cc1ccc(C)c(C(=O)Nc2nc3ccc(C)cc3s2)c1. The van der Waals surface area contributed by atoms with Crippen LogP contribution in [0.1, 0.15) is 27.0 Å². The molecule has 0 bridgehead atoms. The van der Waals surface area contributed by atoms with E-state index < -0.39 is 0 Å². The highest BCUT2D eigenvalue weighted by Gasteiger charge is 2.12. The zero-order valence-electron chi connectivity index (χ0n) is 12.2. The Morgan fingerprint density at radius 3 is 2.57 bits per heavy atom. The Morgan fingerprint density at radius 1 is 1.05 bits per heavy atom. The molecule has 1 aromatic heterocycles. The van der Waals surface area contributed by atoms with Crippen LogP contribution in [0.15, 0.2) is 36.4 Å². The van der Waals surface area contributed by atoms with Gasteiger partial charge in [0.1, 0.15) is 0 Å². The summed E-state index contributed by atoms with van der Waals surface area (Å²) in [4.78, 5) is 16.8. The van der Waals surface area contributed by atoms with Crippen molar-refractivity contribution in [2.75, 3.05) is 5.32 Å². The van der Waals surface area contributed by atoms with Crippen LogP contribution in [-0.2, 0) is 0 Å². The number of hydrogen-bond donors (Lipinski definition) is 1. The number of fused-ring (bicyclic) bond motifs is 1. The molecule has 0 saturated heterocycles. The minimum atomic E-state index is -0.105. The van der Waals surface area contributed by atoms with Crippen molar-refractivity contribution in [1.29, 1.82) is 0 Å². The fourth-order valence-electron chi connectivity index (χ4n) is 2.23. The highest BCUT2D eigenvalue weighted by atomic mass is 32.1. The summed E-state index contributed by atoms with van der Waals surface area (Å²) >= 11 is 1.50. The second-order valence-corrected chi connectivity index (χ2v) is 6.29. The number of aromatic nitrogens is 1. The standard InChI is InChI=1S/C17H16N2OS/c1-10-4-6-12(3)13(8-10)16(20)19-17-18-14-7-5-11(2)9-15(14)21-17/h4-9H,1-3H3,(H,18,19,20). The number of anilines is 1. The Labute approximate surface area is 127 Å². The average Bonchev–Trinajstić information content (AvgIpc) is 2.82. The Hall–Kier alpha value is -2.20. The fourth-order valence-corrected chi connectivity index (χ4v) is 3.19. The van der Waals surface area contributed by atoms with Crippen molar-refractivity contribution in [3.8, 4) is 0 Å². The predicted molar refractivity (Wildman–Crippen MR) is 88.2 cm³/mol. The molecule has 21 heavy (non-hydrogen) atoms. The van der Waals surface area contributed by atoms with Gasteiger partial charge in [-0.25, -0.2) is 4.98 Å². The van der Waals surface area contributed by atoms with E-state index in [0.717, 1.165) is 21.3 Å². The summed E-state index contributed by atoms with van der Waals surface area (Å²) in [5, 5.41) is 3.54. The normalized spacial score (nSPS) is 10.8. The van der Waals surface area contributed by atoms with Crippen LogP contribution in [0.4, 0.5) is 5.13 Å². The molecule has 0 spiro atoms. The van der Waals surface area contributed by atoms with E-state index in [1.165, 1.54) is 16.9 Å². The third-order valence-corrected chi connectivity index (χ3v) is 4.34. The van der Waals surface area contributed by atoms with Crippen LogP contribution in [0.5, 0.6) is 0 Å². The molecule has 3 nitrogen and oxygen atoms in total. The second-order valence-electron chi connectivity index (χ2n) is 5.26. The van der Waals surface area contributed by atoms with E-state index >= 15 is 0 Å². The van der Waals surface area contributed by atoms with Crippen LogP contribution in [-0.4, -0.2) is 10.9 Å². The number of rotatable bonds is 2. The van der Waals surface area contributed by atoms with E-state index in [4.69, 9.17) is 0 Å². The molecule has 0 unspecified atom stereocenters. The van der Waals surface area contributed by atoms with Gasteiger partial charge in [0.05, 0.1) is 10.2 Å². The van der Waals surface area contributed by atoms with E-state index in [0.29, 0.717) is 10.7 Å². The first-order chi connectivity index (χ1) is 10.0. The van der Waals surface area contributed by atoms with Crippen molar-refractivity contribution < 1.29 is 4.79 Å². The molecular weight excluding hydrogens is 280 g/mol. The van der Waals surface area contributed by atoms with E-state index in [-0.39, 0.29) is 5.91 Å². The molecule has 0 radical (unpaired) electrons. The van der Waals surface area contributed by atoms with Crippen LogP contribution in [0.25, 0.3) is 10.2 Å². The van der Waals surface area contributed by atoms with Gasteiger partial charge in [-0.05, 0) is 50.1 Å². The maximum Gasteiger partial charge on any atom is 0.257 e. The number of carbonyl (C=O) groups is 1. The summed E-state index contributed by atoms with van der Waals surface area (Å²) < 4.78 is 1.09. The van der Waals surface area contributed by atoms with Crippen LogP contribution in [0.2, 0.25) is 0 Å². The number of aryl methyl sites for hydroxylation is 3. The molecule has 0 atom stereocenters. The van der Waals surface area contributed by atoms with E-state index in [1.807, 2.05) is 51.1 Å². The molecule has 1 N–H and O–H groups in total. The van der Waals surface area contributed by atoms with Gasteiger partial charge < -0.3 is 0 Å². The number of benzene rings is 2. The number of nitrogens with one attached hydrogen (secondary N) is 1. The van der Waals surface area contributed by atoms with Gasteiger partial charge in [0.15, 0.2) is 5.13 Å². The quantitative estimate of drug-likeness (QED) is 0.758. The van der Waals surface area contributed by atoms with Crippen molar-refractivity contribution >= 4 is 32.6 Å². The predicted octanol–water partition coefficient (Wildman–Crippen LogP) is 4.47. The molecule has 0 aliphatic heterocycles. The Morgan fingerprint density at radius 2 is 1.76 bits per heavy atom. The lowest BCUT2D eigenvalue weighted by Gasteiger charge is -2.06. The first-order valence-corrected chi connectivity index (χ1v) is 7.60. The van der Waals surface area contributed by atoms with E-state index in [9.17, 15) is 4.79 Å². The molecule has 106 valence electrons. The average molecular weight is 296 g/mol. The van der Waals surface area contributed by atoms with Crippen LogP contribution in [0.3, 0.4) is 0 Å². The molecule has 4 heteroatoms. The number of amides is 1. The zero-order chi connectivity index (χ0) is 15.0. The highest BCUT2D eigenvalue weighted by molar-refractivity contribution is 7.22. The molecule has 0 fully saturated rings. The largest absolute Gasteiger partial charge is 0.298 e. The van der Waals surface area contributed by atoms with Gasteiger partial charge in [0, 0.05) is 5.56 Å². The summed E-state index contributed by atoms with van der Waals surface area (Å²) in [6, 6.07) is 12.0. The molecule has 0 aliphatic rings. The third kappa shape index (κ3) is 2.81. The molecule has 1 heterocycles. The summed E-state index contributed by atoms with van der Waals surface area (Å²) in [6.45, 7) is 5.97. The van der Waals surface area contributed by atoms with E-state index in [1.54, 1.807) is 0 Å². The molecule has 3 aromatic rings. The first kappa shape index (κ1) is 13.8. The topological polar surface area (TPSA) is 42.0 Å². The summed E-state index contributed by atoms with van der Waals surface area (Å²) in [6.07, 6.45) is 0. The summed E-state index contributed by atoms with van der Waals surface area (Å²) in [5.41, 5.74) is 4.85. The second kappa shape index (κ2) is 5.30. The molecule has 0 saturated carbocycles. The van der Waals surface area contributed by atoms with Gasteiger partial charge in [-0.15, -0.1) is 0 Å². The Bertz CT molecular complexity index is 836. The van der Waals surface area contributed by atoms with Gasteiger partial charge in [-0.1, -0.05) is 35.1 Å². The lowest BCUT2D eigenvalue weighted by molar-refractivity contribution is 0.102. The lowest BCUT2D eigenvalue weighted by atomic mass is 10.1. The van der Waals surface area contributed by atoms with E-state index in [2.05, 4.69) is 16.4 Å². The van der Waals surface area contributed by atoms with Gasteiger partial charge in [-0.3, -0.25) is 10.1 Å². The van der Waals surface area contributed by atoms with Crippen molar-refractivity contribution in [1.82, 2.24) is 4.98 Å². The summed E-state index contributed by atoms with van der Waals surface area (Å²) in [5.74, 6) is -0.105. The van der Waals surface area contributed by atoms with Gasteiger partial charge >= 0.3 is 0 Å². The van der Waals surface area contributed by atoms with Crippen molar-refractivity contribution in [2.45, 2.75) is 20.8 Å². The highest BCUT2D eigenvalue weighted by Crippen LogP contribution is 2.27. The Kier molecular flexibility index (Phi) is 3.47. The number of hydrogen-bond acceptors (Lipinski definition) is 3. The smallest absolute Gasteiger partial charge is 0.257 e. The maximum atomic E-state index is 12.4. The maximum absolute atomic E-state index is 12.4. The van der Waals surface area contributed by atoms with Crippen molar-refractivity contribution in [3.05, 3.63) is 58.7 Å². The Balaban J connectivity index is 1.90. The van der Waals surface area contributed by atoms with Crippen LogP contribution in [0, 0.1) is 20.8 Å². The number of thiazole rings is 1. The molecular formula is C17H16N2OS. The monoisotopic (exact) mass is 296 g/mol. The molecule has 0 aliphatic carbocycles. The first-order valence-electron chi connectivity index (χ1n) is 6.79. The van der Waals surface area contributed by atoms with Gasteiger partial charge in [-0.2, -0.15) is 0 Å². The number of carbonyl (C=O) groups excluding carboxylic acids is 1. The minimum absolute atomic E-state index is 0.105. The van der Waals surface area contributed by atoms with Crippen molar-refractivity contribution in [2.24, 2.45) is 0 Å². The summed E-state index contributed by atoms with van der Waals surface area (Å²) in [7, 11) is 0. The van der Waals surface area contributed by atoms with Crippen LogP contribution >= 0.6 is 11.3 Å². The zero-order valence-corrected chi connectivity index (χ0v) is 13.0. The molecule has 3 rings (SSSR count). The molecule has 1 amide bonds. The lowest BCUT2D eigenvalue weighted by Crippen LogP contribution is -2.13. The van der Waals surface area contributed by atoms with Gasteiger partial charge in [0.25, 0.3) is 5.91 Å². The third-order valence-electron chi connectivity index (χ3n) is 3.40. The van der Waals surface area contributed by atoms with Crippen LogP contribution < -0.4 is 5.32 Å². The van der Waals surface area contributed by atoms with Crippen molar-refractivity contribution in [3.63, 3.8) is 0 Å². The molecule has 2 aromatic carbocycles. The van der Waals surface area contributed by atoms with Gasteiger partial charge in [0.2, 0.25) is 0 Å². The fraction of sp³-hybridized carbons (Fsp3) is 0.176. The minimum Gasteiger partial charge on any atom is -0.298 e. The number of nitrogens with zero attached hydrogens (tertiary/aromatic N) is 1.